The van der Waals surface area contributed by atoms with Crippen molar-refractivity contribution in [2.75, 3.05) is 54.1 Å². The summed E-state index contributed by atoms with van der Waals surface area (Å²) in [6.45, 7) is 5.32. The molecule has 0 aliphatic carbocycles. The molecule has 0 aromatic heterocycles. The third kappa shape index (κ3) is 29.9. The third-order valence-corrected chi connectivity index (χ3v) is 7.13. The molecule has 244 valence electrons. The molecule has 0 spiro atoms. The van der Waals surface area contributed by atoms with Gasteiger partial charge in [-0.05, 0) is 51.4 Å². The molecule has 0 rings (SSSR count). The molecule has 0 aromatic rings. The molecule has 0 amide bonds. The Labute approximate surface area is 257 Å². The summed E-state index contributed by atoms with van der Waals surface area (Å²) < 4.78 is 34.2. The lowest BCUT2D eigenvalue weighted by Crippen LogP contribution is -2.37. The minimum absolute atomic E-state index is 0.0761. The van der Waals surface area contributed by atoms with Crippen LogP contribution >= 0.6 is 7.82 Å². The van der Waals surface area contributed by atoms with Crippen LogP contribution in [0, 0.1) is 0 Å². The van der Waals surface area contributed by atoms with Crippen LogP contribution in [0.15, 0.2) is 48.6 Å². The molecule has 8 nitrogen and oxygen atoms in total. The lowest BCUT2D eigenvalue weighted by molar-refractivity contribution is -0.870. The second kappa shape index (κ2) is 27.0. The number of rotatable bonds is 28. The Balaban J connectivity index is 4.29. The fourth-order valence-corrected chi connectivity index (χ4v) is 4.34. The monoisotopic (exact) mass is 614 g/mol. The number of esters is 1. The van der Waals surface area contributed by atoms with Gasteiger partial charge in [0, 0.05) is 13.0 Å². The van der Waals surface area contributed by atoms with E-state index >= 15 is 0 Å². The summed E-state index contributed by atoms with van der Waals surface area (Å²) >= 11 is 0. The predicted octanol–water partition coefficient (Wildman–Crippen LogP) is 8.09. The summed E-state index contributed by atoms with van der Waals surface area (Å²) in [6, 6.07) is 0. The third-order valence-electron chi connectivity index (χ3n) is 6.14. The average molecular weight is 615 g/mol. The summed E-state index contributed by atoms with van der Waals surface area (Å²) in [5, 5.41) is 0. The van der Waals surface area contributed by atoms with Gasteiger partial charge in [-0.2, -0.15) is 0 Å². The van der Waals surface area contributed by atoms with Gasteiger partial charge >= 0.3 is 13.8 Å². The van der Waals surface area contributed by atoms with E-state index < -0.39 is 13.9 Å². The number of quaternary nitrogens is 1. The molecule has 0 saturated heterocycles. The number of hydrogen-bond donors (Lipinski definition) is 1. The number of allylic oxidation sites excluding steroid dienone is 8. The second-order valence-corrected chi connectivity index (χ2v) is 12.9. The summed E-state index contributed by atoms with van der Waals surface area (Å²) in [6.07, 6.45) is 29.1. The van der Waals surface area contributed by atoms with Crippen molar-refractivity contribution in [3.63, 3.8) is 0 Å². The van der Waals surface area contributed by atoms with Crippen LogP contribution in [0.25, 0.3) is 0 Å². The second-order valence-electron chi connectivity index (χ2n) is 11.5. The van der Waals surface area contributed by atoms with Gasteiger partial charge in [0.25, 0.3) is 0 Å². The number of phosphoric ester groups is 1. The van der Waals surface area contributed by atoms with E-state index in [1.165, 1.54) is 25.7 Å². The van der Waals surface area contributed by atoms with E-state index in [9.17, 15) is 14.3 Å². The highest BCUT2D eigenvalue weighted by molar-refractivity contribution is 7.47. The largest absolute Gasteiger partial charge is 0.472 e. The number of unbranched alkanes of at least 4 members (excludes halogenated alkanes) is 6. The Hall–Kier alpha value is -1.54. The summed E-state index contributed by atoms with van der Waals surface area (Å²) in [7, 11) is 1.62. The Morgan fingerprint density at radius 1 is 0.738 bits per heavy atom. The number of carbonyl (C=O) groups excluding carboxylic acids is 1. The molecule has 0 heterocycles. The van der Waals surface area contributed by atoms with Crippen LogP contribution in [0.3, 0.4) is 0 Å². The quantitative estimate of drug-likeness (QED) is 0.0313. The molecule has 0 aromatic carbocycles. The van der Waals surface area contributed by atoms with Gasteiger partial charge in [0.05, 0.1) is 34.4 Å². The lowest BCUT2D eigenvalue weighted by atomic mass is 10.2. The van der Waals surface area contributed by atoms with Crippen molar-refractivity contribution in [3.8, 4) is 0 Å². The van der Waals surface area contributed by atoms with E-state index in [0.29, 0.717) is 24.1 Å². The molecule has 0 aliphatic heterocycles. The van der Waals surface area contributed by atoms with E-state index in [0.717, 1.165) is 44.9 Å². The van der Waals surface area contributed by atoms with Gasteiger partial charge in [-0.15, -0.1) is 0 Å². The molecule has 42 heavy (non-hydrogen) atoms. The molecule has 1 unspecified atom stereocenters. The zero-order valence-corrected chi connectivity index (χ0v) is 28.1. The van der Waals surface area contributed by atoms with Gasteiger partial charge in [-0.25, -0.2) is 4.57 Å². The van der Waals surface area contributed by atoms with Crippen molar-refractivity contribution >= 4 is 13.8 Å². The number of carbonyl (C=O) groups is 1. The first-order valence-electron chi connectivity index (χ1n) is 15.9. The van der Waals surface area contributed by atoms with Crippen molar-refractivity contribution in [1.82, 2.24) is 0 Å². The highest BCUT2D eigenvalue weighted by Gasteiger charge is 2.26. The van der Waals surface area contributed by atoms with Gasteiger partial charge in [0.15, 0.2) is 0 Å². The maximum absolute atomic E-state index is 12.4. The Morgan fingerprint density at radius 2 is 1.29 bits per heavy atom. The number of hydrogen-bond acceptors (Lipinski definition) is 6. The maximum atomic E-state index is 12.4. The molecule has 1 N–H and O–H groups in total. The minimum Gasteiger partial charge on any atom is -0.457 e. The van der Waals surface area contributed by atoms with E-state index in [-0.39, 0.29) is 32.2 Å². The zero-order valence-electron chi connectivity index (χ0n) is 27.2. The maximum Gasteiger partial charge on any atom is 0.472 e. The first-order valence-corrected chi connectivity index (χ1v) is 17.4. The molecule has 0 aliphatic rings. The fourth-order valence-electron chi connectivity index (χ4n) is 3.60. The van der Waals surface area contributed by atoms with Crippen molar-refractivity contribution < 1.29 is 37.3 Å². The van der Waals surface area contributed by atoms with Crippen molar-refractivity contribution in [2.45, 2.75) is 103 Å². The van der Waals surface area contributed by atoms with Gasteiger partial charge < -0.3 is 18.9 Å². The molecule has 2 atom stereocenters. The highest BCUT2D eigenvalue weighted by atomic mass is 31.2. The smallest absolute Gasteiger partial charge is 0.457 e. The van der Waals surface area contributed by atoms with Gasteiger partial charge in [0.2, 0.25) is 0 Å². The number of likely N-dealkylation sites (N-methyl/N-ethyl adjacent to an activating group) is 1. The molecular formula is C33H61NO7P+. The number of phosphoric acid groups is 1. The van der Waals surface area contributed by atoms with E-state index in [1.807, 2.05) is 21.1 Å². The van der Waals surface area contributed by atoms with Crippen molar-refractivity contribution in [1.29, 1.82) is 0 Å². The number of ether oxygens (including phenoxy) is 2. The molecule has 0 radical (unpaired) electrons. The minimum atomic E-state index is -4.26. The normalized spacial score (nSPS) is 14.9. The Kier molecular flexibility index (Phi) is 26.0. The highest BCUT2D eigenvalue weighted by Crippen LogP contribution is 2.43. The standard InChI is InChI=1S/C33H60NO7P/c1-6-8-10-11-12-13-14-15-16-17-18-19-20-21-22-23-24-26-33(35)41-32(30-38-28-25-9-7-2)31-40-42(36,37)39-29-27-34(3,4)5/h12-13,15-16,18-19,21-22,32H,6-11,14,17,20,23-31H2,1-5H3/p+1/b13-12-,16-15-,19-18-,22-21-/t32-/m1/s1. The summed E-state index contributed by atoms with van der Waals surface area (Å²) in [5.74, 6) is -0.379. The van der Waals surface area contributed by atoms with Crippen molar-refractivity contribution in [2.24, 2.45) is 0 Å². The average Bonchev–Trinajstić information content (AvgIpc) is 2.92. The topological polar surface area (TPSA) is 91.3 Å². The Bertz CT molecular complexity index is 818. The van der Waals surface area contributed by atoms with E-state index in [2.05, 4.69) is 62.5 Å². The van der Waals surface area contributed by atoms with Crippen molar-refractivity contribution in [3.05, 3.63) is 48.6 Å². The van der Waals surface area contributed by atoms with Gasteiger partial charge in [-0.1, -0.05) is 88.1 Å². The van der Waals surface area contributed by atoms with Gasteiger partial charge in [0.1, 0.15) is 19.3 Å². The van der Waals surface area contributed by atoms with Crippen LogP contribution in [0.2, 0.25) is 0 Å². The van der Waals surface area contributed by atoms with Crippen LogP contribution in [0.4, 0.5) is 0 Å². The van der Waals surface area contributed by atoms with E-state index in [4.69, 9.17) is 18.5 Å². The Morgan fingerprint density at radius 3 is 1.86 bits per heavy atom. The molecule has 0 fully saturated rings. The van der Waals surface area contributed by atoms with Crippen LogP contribution in [-0.4, -0.2) is 75.6 Å². The van der Waals surface area contributed by atoms with E-state index in [1.54, 1.807) is 0 Å². The van der Waals surface area contributed by atoms with Crippen LogP contribution < -0.4 is 0 Å². The van der Waals surface area contributed by atoms with Crippen LogP contribution in [-0.2, 0) is 27.9 Å². The van der Waals surface area contributed by atoms with Crippen LogP contribution in [0.5, 0.6) is 0 Å². The molecule has 9 heteroatoms. The lowest BCUT2D eigenvalue weighted by Gasteiger charge is -2.24. The predicted molar refractivity (Wildman–Crippen MR) is 173 cm³/mol. The first-order chi connectivity index (χ1) is 20.1. The van der Waals surface area contributed by atoms with Crippen LogP contribution in [0.1, 0.15) is 97.3 Å². The first kappa shape index (κ1) is 40.5. The SMILES string of the molecule is CCCCC/C=C\C/C=C\C/C=C\C/C=C\CCCC(=O)O[C@H](COCCCCC)COP(=O)(O)OCC[N+](C)(C)C. The number of nitrogens with zero attached hydrogens (tertiary/aromatic N) is 1. The zero-order chi connectivity index (χ0) is 31.4. The van der Waals surface area contributed by atoms with Gasteiger partial charge in [-0.3, -0.25) is 13.8 Å². The molecule has 0 bridgehead atoms. The summed E-state index contributed by atoms with van der Waals surface area (Å²) in [4.78, 5) is 22.4. The fraction of sp³-hybridized carbons (Fsp3) is 0.727. The summed E-state index contributed by atoms with van der Waals surface area (Å²) in [5.41, 5.74) is 0. The molecule has 0 saturated carbocycles. The molecular weight excluding hydrogens is 553 g/mol.